The lowest BCUT2D eigenvalue weighted by atomic mass is 10.1. The van der Waals surface area contributed by atoms with E-state index in [0.717, 1.165) is 5.56 Å². The summed E-state index contributed by atoms with van der Waals surface area (Å²) in [6.07, 6.45) is -1.01. The van der Waals surface area contributed by atoms with E-state index in [1.54, 1.807) is 30.3 Å². The van der Waals surface area contributed by atoms with Crippen molar-refractivity contribution in [1.29, 1.82) is 0 Å². The van der Waals surface area contributed by atoms with E-state index in [9.17, 15) is 20.0 Å². The third-order valence-corrected chi connectivity index (χ3v) is 4.41. The molecule has 3 rings (SSSR count). The van der Waals surface area contributed by atoms with Crippen LogP contribution in [-0.2, 0) is 6.54 Å². The van der Waals surface area contributed by atoms with Crippen molar-refractivity contribution in [2.45, 2.75) is 12.6 Å². The van der Waals surface area contributed by atoms with E-state index >= 15 is 0 Å². The van der Waals surface area contributed by atoms with Crippen LogP contribution in [0.5, 0.6) is 5.75 Å². The summed E-state index contributed by atoms with van der Waals surface area (Å²) in [6.45, 7) is -0.152. The van der Waals surface area contributed by atoms with Crippen LogP contribution in [-0.4, -0.2) is 38.4 Å². The van der Waals surface area contributed by atoms with E-state index in [0.29, 0.717) is 16.5 Å². The van der Waals surface area contributed by atoms with Crippen molar-refractivity contribution in [3.8, 4) is 17.0 Å². The molecule has 1 aromatic heterocycles. The molecule has 0 saturated carbocycles. The minimum absolute atomic E-state index is 0.0384. The average molecular weight is 432 g/mol. The Balaban J connectivity index is 1.71. The second-order valence-electron chi connectivity index (χ2n) is 6.29. The number of aliphatic hydroxyl groups is 1. The number of halogens is 1. The monoisotopic (exact) mass is 431 g/mol. The van der Waals surface area contributed by atoms with Gasteiger partial charge in [0.1, 0.15) is 24.2 Å². The van der Waals surface area contributed by atoms with Gasteiger partial charge in [0.05, 0.1) is 17.2 Å². The quantitative estimate of drug-likeness (QED) is 0.214. The lowest BCUT2D eigenvalue weighted by Gasteiger charge is -2.14. The number of hydrazine groups is 1. The number of hydrogen-bond acceptors (Lipinski definition) is 7. The van der Waals surface area contributed by atoms with Gasteiger partial charge in [-0.25, -0.2) is 5.84 Å². The SMILES string of the molecule is NNC(=O)c1cc(-c2ccc(Cl)cc2)nn1CC(O)COc1ccc([N+](=O)[O-])cc1. The number of rotatable bonds is 8. The fourth-order valence-electron chi connectivity index (χ4n) is 2.68. The van der Waals surface area contributed by atoms with Gasteiger partial charge in [0.15, 0.2) is 0 Å². The van der Waals surface area contributed by atoms with E-state index in [1.807, 2.05) is 0 Å². The van der Waals surface area contributed by atoms with E-state index < -0.39 is 16.9 Å². The zero-order chi connectivity index (χ0) is 21.7. The molecule has 10 nitrogen and oxygen atoms in total. The maximum absolute atomic E-state index is 12.1. The van der Waals surface area contributed by atoms with Gasteiger partial charge >= 0.3 is 0 Å². The van der Waals surface area contributed by atoms with Gasteiger partial charge in [-0.05, 0) is 30.3 Å². The van der Waals surface area contributed by atoms with E-state index in [4.69, 9.17) is 22.2 Å². The topological polar surface area (TPSA) is 146 Å². The average Bonchev–Trinajstić information content (AvgIpc) is 3.16. The van der Waals surface area contributed by atoms with Gasteiger partial charge < -0.3 is 9.84 Å². The number of nitrogen functional groups attached to an aromatic ring is 1. The zero-order valence-corrected chi connectivity index (χ0v) is 16.3. The Morgan fingerprint density at radius 3 is 2.53 bits per heavy atom. The molecule has 0 radical (unpaired) electrons. The Bertz CT molecular complexity index is 1040. The zero-order valence-electron chi connectivity index (χ0n) is 15.6. The number of benzene rings is 2. The highest BCUT2D eigenvalue weighted by atomic mass is 35.5. The fourth-order valence-corrected chi connectivity index (χ4v) is 2.81. The second-order valence-corrected chi connectivity index (χ2v) is 6.73. The maximum Gasteiger partial charge on any atom is 0.283 e. The van der Waals surface area contributed by atoms with Crippen LogP contribution in [0.4, 0.5) is 5.69 Å². The first-order valence-corrected chi connectivity index (χ1v) is 9.15. The second kappa shape index (κ2) is 9.35. The van der Waals surface area contributed by atoms with Crippen LogP contribution < -0.4 is 16.0 Å². The van der Waals surface area contributed by atoms with Crippen molar-refractivity contribution < 1.29 is 19.6 Å². The van der Waals surface area contributed by atoms with Gasteiger partial charge in [0, 0.05) is 22.7 Å². The van der Waals surface area contributed by atoms with Crippen LogP contribution >= 0.6 is 11.6 Å². The summed E-state index contributed by atoms with van der Waals surface area (Å²) in [6, 6.07) is 13.9. The number of nitrogens with zero attached hydrogens (tertiary/aromatic N) is 3. The minimum Gasteiger partial charge on any atom is -0.491 e. The first kappa shape index (κ1) is 21.2. The Labute approximate surface area is 175 Å². The molecular weight excluding hydrogens is 414 g/mol. The molecule has 1 atom stereocenters. The minimum atomic E-state index is -1.01. The molecule has 0 fully saturated rings. The number of nitro groups is 1. The van der Waals surface area contributed by atoms with Gasteiger partial charge in [-0.2, -0.15) is 5.10 Å². The van der Waals surface area contributed by atoms with Crippen molar-refractivity contribution >= 4 is 23.2 Å². The number of amides is 1. The van der Waals surface area contributed by atoms with Crippen molar-refractivity contribution in [2.75, 3.05) is 6.61 Å². The number of aliphatic hydroxyl groups excluding tert-OH is 1. The normalized spacial score (nSPS) is 11.7. The largest absolute Gasteiger partial charge is 0.491 e. The molecular formula is C19H18ClN5O5. The van der Waals surface area contributed by atoms with Crippen LogP contribution in [0.2, 0.25) is 5.02 Å². The molecule has 0 aliphatic rings. The molecule has 0 aliphatic carbocycles. The molecule has 11 heteroatoms. The van der Waals surface area contributed by atoms with Crippen LogP contribution in [0, 0.1) is 10.1 Å². The fraction of sp³-hybridized carbons (Fsp3) is 0.158. The molecule has 1 unspecified atom stereocenters. The van der Waals surface area contributed by atoms with Gasteiger partial charge in [0.2, 0.25) is 0 Å². The van der Waals surface area contributed by atoms with Gasteiger partial charge in [-0.3, -0.25) is 25.0 Å². The highest BCUT2D eigenvalue weighted by Crippen LogP contribution is 2.22. The lowest BCUT2D eigenvalue weighted by Crippen LogP contribution is -2.33. The van der Waals surface area contributed by atoms with Crippen molar-refractivity contribution in [1.82, 2.24) is 15.2 Å². The first-order valence-electron chi connectivity index (χ1n) is 8.77. The van der Waals surface area contributed by atoms with Crippen LogP contribution in [0.1, 0.15) is 10.5 Å². The summed E-state index contributed by atoms with van der Waals surface area (Å²) in [5, 5.41) is 25.9. The summed E-state index contributed by atoms with van der Waals surface area (Å²) in [4.78, 5) is 22.3. The molecule has 1 amide bonds. The number of non-ortho nitro benzene ring substituents is 1. The molecule has 0 spiro atoms. The maximum atomic E-state index is 12.1. The smallest absolute Gasteiger partial charge is 0.283 e. The number of hydrogen-bond donors (Lipinski definition) is 3. The molecule has 0 aliphatic heterocycles. The van der Waals surface area contributed by atoms with Crippen molar-refractivity contribution in [2.24, 2.45) is 5.84 Å². The van der Waals surface area contributed by atoms with Gasteiger partial charge in [-0.1, -0.05) is 23.7 Å². The summed E-state index contributed by atoms with van der Waals surface area (Å²) in [5.74, 6) is 5.05. The Morgan fingerprint density at radius 1 is 1.27 bits per heavy atom. The highest BCUT2D eigenvalue weighted by molar-refractivity contribution is 6.30. The molecule has 4 N–H and O–H groups in total. The van der Waals surface area contributed by atoms with Crippen LogP contribution in [0.3, 0.4) is 0 Å². The van der Waals surface area contributed by atoms with E-state index in [2.05, 4.69) is 10.5 Å². The summed E-state index contributed by atoms with van der Waals surface area (Å²) in [7, 11) is 0. The molecule has 0 bridgehead atoms. The molecule has 3 aromatic rings. The molecule has 0 saturated heterocycles. The summed E-state index contributed by atoms with van der Waals surface area (Å²) < 4.78 is 6.78. The number of carbonyl (C=O) groups excluding carboxylic acids is 1. The van der Waals surface area contributed by atoms with E-state index in [-0.39, 0.29) is 24.5 Å². The number of carbonyl (C=O) groups is 1. The number of aromatic nitrogens is 2. The van der Waals surface area contributed by atoms with E-state index in [1.165, 1.54) is 28.9 Å². The van der Waals surface area contributed by atoms with Crippen molar-refractivity contribution in [3.63, 3.8) is 0 Å². The predicted octanol–water partition coefficient (Wildman–Crippen LogP) is 2.16. The Kier molecular flexibility index (Phi) is 6.62. The molecule has 156 valence electrons. The predicted molar refractivity (Wildman–Crippen MR) is 109 cm³/mol. The Morgan fingerprint density at radius 2 is 1.93 bits per heavy atom. The lowest BCUT2D eigenvalue weighted by molar-refractivity contribution is -0.384. The van der Waals surface area contributed by atoms with Crippen LogP contribution in [0.15, 0.2) is 54.6 Å². The number of nitro benzene ring substituents is 1. The number of nitrogens with two attached hydrogens (primary N) is 1. The third-order valence-electron chi connectivity index (χ3n) is 4.16. The van der Waals surface area contributed by atoms with Gasteiger partial charge in [0.25, 0.3) is 11.6 Å². The van der Waals surface area contributed by atoms with Crippen LogP contribution in [0.25, 0.3) is 11.3 Å². The third kappa shape index (κ3) is 5.11. The number of ether oxygens (including phenoxy) is 1. The Hall–Kier alpha value is -3.47. The van der Waals surface area contributed by atoms with Crippen molar-refractivity contribution in [3.05, 3.63) is 75.4 Å². The molecule has 30 heavy (non-hydrogen) atoms. The summed E-state index contributed by atoms with van der Waals surface area (Å²) >= 11 is 5.90. The first-order chi connectivity index (χ1) is 14.4. The number of nitrogens with one attached hydrogen (secondary N) is 1. The summed E-state index contributed by atoms with van der Waals surface area (Å²) in [5.41, 5.74) is 3.40. The van der Waals surface area contributed by atoms with Gasteiger partial charge in [-0.15, -0.1) is 0 Å². The highest BCUT2D eigenvalue weighted by Gasteiger charge is 2.18. The molecule has 2 aromatic carbocycles. The standard InChI is InChI=1S/C19H18ClN5O5/c20-13-3-1-12(2-4-13)17-9-18(19(27)22-21)24(23-17)10-15(26)11-30-16-7-5-14(6-8-16)25(28)29/h1-9,15,26H,10-11,21H2,(H,22,27). The molecule has 1 heterocycles.